The van der Waals surface area contributed by atoms with Crippen LogP contribution >= 0.6 is 0 Å². The maximum atomic E-state index is 11.6. The van der Waals surface area contributed by atoms with Crippen molar-refractivity contribution in [2.24, 2.45) is 0 Å². The van der Waals surface area contributed by atoms with Gasteiger partial charge in [0.1, 0.15) is 11.3 Å². The Morgan fingerprint density at radius 3 is 2.88 bits per heavy atom. The van der Waals surface area contributed by atoms with Gasteiger partial charge in [-0.15, -0.1) is 0 Å². The van der Waals surface area contributed by atoms with Crippen LogP contribution in [0.5, 0.6) is 0 Å². The van der Waals surface area contributed by atoms with Crippen LogP contribution in [-0.2, 0) is 4.74 Å². The van der Waals surface area contributed by atoms with Gasteiger partial charge in [0.25, 0.3) is 0 Å². The first-order valence-electron chi connectivity index (χ1n) is 5.02. The first kappa shape index (κ1) is 11.1. The number of aromatic carboxylic acids is 1. The van der Waals surface area contributed by atoms with Crippen LogP contribution in [0.4, 0.5) is 0 Å². The Balaban J connectivity index is 2.56. The summed E-state index contributed by atoms with van der Waals surface area (Å²) in [6, 6.07) is 4.80. The third kappa shape index (κ3) is 1.96. The number of carbonyl (C=O) groups is 2. The van der Waals surface area contributed by atoms with E-state index >= 15 is 0 Å². The Morgan fingerprint density at radius 1 is 1.47 bits per heavy atom. The van der Waals surface area contributed by atoms with Crippen molar-refractivity contribution in [1.82, 2.24) is 9.38 Å². The zero-order chi connectivity index (χ0) is 12.4. The monoisotopic (exact) mass is 234 g/mol. The molecule has 0 saturated heterocycles. The van der Waals surface area contributed by atoms with Crippen molar-refractivity contribution in [1.29, 1.82) is 0 Å². The number of esters is 1. The number of aromatic nitrogens is 2. The number of carboxylic acids is 1. The molecule has 0 saturated carbocycles. The van der Waals surface area contributed by atoms with Crippen LogP contribution in [0.2, 0.25) is 0 Å². The van der Waals surface area contributed by atoms with E-state index in [2.05, 4.69) is 4.98 Å². The third-order valence-corrected chi connectivity index (χ3v) is 2.20. The molecular weight excluding hydrogens is 224 g/mol. The Bertz CT molecular complexity index is 588. The largest absolute Gasteiger partial charge is 0.476 e. The number of fused-ring (bicyclic) bond motifs is 1. The lowest BCUT2D eigenvalue weighted by Crippen LogP contribution is -2.09. The molecule has 0 spiro atoms. The molecule has 0 aliphatic carbocycles. The number of carbonyl (C=O) groups excluding carboxylic acids is 1. The molecule has 6 heteroatoms. The fourth-order valence-electron chi connectivity index (χ4n) is 1.49. The number of ether oxygens (including phenoxy) is 1. The molecule has 88 valence electrons. The number of rotatable bonds is 3. The molecule has 0 fully saturated rings. The summed E-state index contributed by atoms with van der Waals surface area (Å²) in [5, 5.41) is 8.83. The van der Waals surface area contributed by atoms with Gasteiger partial charge < -0.3 is 9.84 Å². The van der Waals surface area contributed by atoms with Crippen molar-refractivity contribution in [2.75, 3.05) is 6.61 Å². The van der Waals surface area contributed by atoms with E-state index in [4.69, 9.17) is 9.84 Å². The Labute approximate surface area is 96.5 Å². The van der Waals surface area contributed by atoms with Gasteiger partial charge in [-0.3, -0.25) is 4.40 Å². The molecule has 0 unspecified atom stereocenters. The molecule has 0 aliphatic rings. The Morgan fingerprint density at radius 2 is 2.24 bits per heavy atom. The van der Waals surface area contributed by atoms with E-state index in [0.717, 1.165) is 0 Å². The maximum absolute atomic E-state index is 11.6. The van der Waals surface area contributed by atoms with Crippen LogP contribution in [0, 0.1) is 0 Å². The molecule has 1 N–H and O–H groups in total. The Hall–Kier alpha value is -2.37. The summed E-state index contributed by atoms with van der Waals surface area (Å²) in [6.45, 7) is 1.96. The van der Waals surface area contributed by atoms with E-state index in [1.165, 1.54) is 10.6 Å². The summed E-state index contributed by atoms with van der Waals surface area (Å²) in [5.74, 6) is -1.64. The van der Waals surface area contributed by atoms with Crippen molar-refractivity contribution in [3.63, 3.8) is 0 Å². The van der Waals surface area contributed by atoms with Gasteiger partial charge in [0.05, 0.1) is 6.61 Å². The normalized spacial score (nSPS) is 10.4. The first-order chi connectivity index (χ1) is 8.13. The summed E-state index contributed by atoms with van der Waals surface area (Å²) in [5.41, 5.74) is 0.541. The summed E-state index contributed by atoms with van der Waals surface area (Å²) in [4.78, 5) is 26.3. The minimum absolute atomic E-state index is 0.109. The highest BCUT2D eigenvalue weighted by Gasteiger charge is 2.15. The lowest BCUT2D eigenvalue weighted by atomic mass is 10.3. The summed E-state index contributed by atoms with van der Waals surface area (Å²) >= 11 is 0. The van der Waals surface area contributed by atoms with Gasteiger partial charge in [-0.1, -0.05) is 6.07 Å². The van der Waals surface area contributed by atoms with Crippen LogP contribution in [0.15, 0.2) is 24.4 Å². The lowest BCUT2D eigenvalue weighted by molar-refractivity contribution is 0.0516. The predicted octanol–water partition coefficient (Wildman–Crippen LogP) is 1.21. The molecular formula is C11H10N2O4. The molecule has 2 heterocycles. The van der Waals surface area contributed by atoms with Crippen molar-refractivity contribution in [3.8, 4) is 0 Å². The minimum Gasteiger partial charge on any atom is -0.476 e. The van der Waals surface area contributed by atoms with Crippen molar-refractivity contribution in [2.45, 2.75) is 6.92 Å². The smallest absolute Gasteiger partial charge is 0.356 e. The quantitative estimate of drug-likeness (QED) is 0.807. The van der Waals surface area contributed by atoms with Crippen molar-refractivity contribution in [3.05, 3.63) is 35.8 Å². The number of hydrogen-bond acceptors (Lipinski definition) is 4. The van der Waals surface area contributed by atoms with Gasteiger partial charge in [0.2, 0.25) is 0 Å². The highest BCUT2D eigenvalue weighted by Crippen LogP contribution is 2.10. The maximum Gasteiger partial charge on any atom is 0.356 e. The van der Waals surface area contributed by atoms with E-state index in [-0.39, 0.29) is 18.0 Å². The number of nitrogens with zero attached hydrogens (tertiary/aromatic N) is 2. The molecule has 0 atom stereocenters. The molecule has 6 nitrogen and oxygen atoms in total. The molecule has 0 amide bonds. The van der Waals surface area contributed by atoms with Crippen LogP contribution in [0.3, 0.4) is 0 Å². The van der Waals surface area contributed by atoms with E-state index in [9.17, 15) is 9.59 Å². The van der Waals surface area contributed by atoms with Gasteiger partial charge in [-0.05, 0) is 19.1 Å². The van der Waals surface area contributed by atoms with Crippen LogP contribution in [0.1, 0.15) is 27.9 Å². The highest BCUT2D eigenvalue weighted by atomic mass is 16.5. The molecule has 2 rings (SSSR count). The van der Waals surface area contributed by atoms with Crippen LogP contribution < -0.4 is 0 Å². The van der Waals surface area contributed by atoms with Crippen molar-refractivity contribution < 1.29 is 19.4 Å². The zero-order valence-electron chi connectivity index (χ0n) is 9.08. The first-order valence-corrected chi connectivity index (χ1v) is 5.02. The van der Waals surface area contributed by atoms with Gasteiger partial charge >= 0.3 is 11.9 Å². The van der Waals surface area contributed by atoms with E-state index in [1.807, 2.05) is 0 Å². The second-order valence-electron chi connectivity index (χ2n) is 3.29. The topological polar surface area (TPSA) is 80.9 Å². The molecule has 2 aromatic rings. The Kier molecular flexibility index (Phi) is 2.78. The van der Waals surface area contributed by atoms with Crippen LogP contribution in [-0.4, -0.2) is 33.0 Å². The number of hydrogen-bond donors (Lipinski definition) is 1. The number of imidazole rings is 1. The highest BCUT2D eigenvalue weighted by molar-refractivity contribution is 5.90. The molecule has 0 aliphatic heterocycles. The molecule has 0 aromatic carbocycles. The van der Waals surface area contributed by atoms with Gasteiger partial charge in [0.15, 0.2) is 5.69 Å². The van der Waals surface area contributed by atoms with Crippen LogP contribution in [0.25, 0.3) is 5.65 Å². The molecule has 0 bridgehead atoms. The SMILES string of the molecule is CCOC(=O)c1cccc2nc(C(=O)O)cn12. The zero-order valence-corrected chi connectivity index (χ0v) is 9.08. The minimum atomic E-state index is -1.14. The van der Waals surface area contributed by atoms with Gasteiger partial charge in [-0.2, -0.15) is 0 Å². The fourth-order valence-corrected chi connectivity index (χ4v) is 1.49. The predicted molar refractivity (Wildman–Crippen MR) is 58.1 cm³/mol. The molecule has 2 aromatic heterocycles. The fraction of sp³-hybridized carbons (Fsp3) is 0.182. The number of carboxylic acid groups (broad SMARTS) is 1. The average Bonchev–Trinajstić information content (AvgIpc) is 2.72. The summed E-state index contributed by atoms with van der Waals surface area (Å²) in [7, 11) is 0. The van der Waals surface area contributed by atoms with Crippen molar-refractivity contribution >= 4 is 17.6 Å². The second-order valence-corrected chi connectivity index (χ2v) is 3.29. The van der Waals surface area contributed by atoms with E-state index < -0.39 is 11.9 Å². The van der Waals surface area contributed by atoms with E-state index in [1.54, 1.807) is 25.1 Å². The third-order valence-electron chi connectivity index (χ3n) is 2.20. The molecule has 0 radical (unpaired) electrons. The lowest BCUT2D eigenvalue weighted by Gasteiger charge is -2.03. The summed E-state index contributed by atoms with van der Waals surface area (Å²) < 4.78 is 6.28. The second kappa shape index (κ2) is 4.25. The summed E-state index contributed by atoms with van der Waals surface area (Å²) in [6.07, 6.45) is 1.30. The number of pyridine rings is 1. The van der Waals surface area contributed by atoms with Gasteiger partial charge in [-0.25, -0.2) is 14.6 Å². The van der Waals surface area contributed by atoms with Gasteiger partial charge in [0, 0.05) is 6.20 Å². The average molecular weight is 234 g/mol. The standard InChI is InChI=1S/C11H10N2O4/c1-2-17-11(16)8-4-3-5-9-12-7(10(14)15)6-13(8)9/h3-6H,2H2,1H3,(H,14,15). The molecule has 17 heavy (non-hydrogen) atoms. The van der Waals surface area contributed by atoms with E-state index in [0.29, 0.717) is 5.65 Å².